The van der Waals surface area contributed by atoms with Crippen LogP contribution in [-0.4, -0.2) is 35.0 Å². The second kappa shape index (κ2) is 15.0. The van der Waals surface area contributed by atoms with Gasteiger partial charge in [-0.15, -0.1) is 12.8 Å². The summed E-state index contributed by atoms with van der Waals surface area (Å²) in [5, 5.41) is 11.0. The number of hydrogen-bond acceptors (Lipinski definition) is 5. The summed E-state index contributed by atoms with van der Waals surface area (Å²) in [6.07, 6.45) is 10.8. The molecule has 0 unspecified atom stereocenters. The molecule has 3 N–H and O–H groups in total. The molecule has 7 heteroatoms. The molecule has 1 fully saturated rings. The Kier molecular flexibility index (Phi) is 14.1. The van der Waals surface area contributed by atoms with E-state index in [4.69, 9.17) is 5.90 Å². The van der Waals surface area contributed by atoms with Crippen LogP contribution in [0.2, 0.25) is 0 Å². The van der Waals surface area contributed by atoms with E-state index in [2.05, 4.69) is 47.5 Å². The number of rotatable bonds is 6. The van der Waals surface area contributed by atoms with Crippen molar-refractivity contribution in [3.8, 4) is 12.8 Å². The zero-order chi connectivity index (χ0) is 24.0. The third-order valence-corrected chi connectivity index (χ3v) is 5.46. The van der Waals surface area contributed by atoms with Gasteiger partial charge in [-0.05, 0) is 42.9 Å². The number of terminal acetylenes is 1. The standard InChI is InChI=1S/C19H27BrN2O4.C3H8.C2H2/c1-13(2)11-14(12-17(23)26-21)18(24)22-9-7-19(25,8-10-22)15-3-5-16(20)6-4-15;1-3-2;1-2/h3-6,13-14,25H,7-12,21H2,1-2H3;3H2,1-2H3;1-2H/t14-;;/m1../s1. The van der Waals surface area contributed by atoms with Crippen molar-refractivity contribution in [2.75, 3.05) is 13.1 Å². The molecule has 0 spiro atoms. The third-order valence-electron chi connectivity index (χ3n) is 4.93. The molecule has 0 radical (unpaired) electrons. The fraction of sp³-hybridized carbons (Fsp3) is 0.583. The largest absolute Gasteiger partial charge is 0.385 e. The predicted octanol–water partition coefficient (Wildman–Crippen LogP) is 4.39. The third kappa shape index (κ3) is 9.86. The van der Waals surface area contributed by atoms with E-state index in [-0.39, 0.29) is 18.2 Å². The highest BCUT2D eigenvalue weighted by Gasteiger charge is 2.37. The number of piperidine rings is 1. The topological polar surface area (TPSA) is 92.9 Å². The number of hydrogen-bond donors (Lipinski definition) is 2. The van der Waals surface area contributed by atoms with E-state index in [9.17, 15) is 14.7 Å². The van der Waals surface area contributed by atoms with Crippen LogP contribution >= 0.6 is 15.9 Å². The van der Waals surface area contributed by atoms with Crippen molar-refractivity contribution in [2.24, 2.45) is 17.7 Å². The van der Waals surface area contributed by atoms with Crippen LogP contribution < -0.4 is 5.90 Å². The Morgan fingerprint density at radius 3 is 2.10 bits per heavy atom. The van der Waals surface area contributed by atoms with Gasteiger partial charge in [0.2, 0.25) is 5.91 Å². The summed E-state index contributed by atoms with van der Waals surface area (Å²) in [5.41, 5.74) is -0.0699. The van der Waals surface area contributed by atoms with E-state index in [1.165, 1.54) is 6.42 Å². The second-order valence-corrected chi connectivity index (χ2v) is 9.01. The Labute approximate surface area is 195 Å². The Hall–Kier alpha value is -1.88. The summed E-state index contributed by atoms with van der Waals surface area (Å²) < 4.78 is 0.959. The molecule has 0 aliphatic carbocycles. The average Bonchev–Trinajstić information content (AvgIpc) is 2.75. The Bertz CT molecular complexity index is 681. The van der Waals surface area contributed by atoms with Gasteiger partial charge < -0.3 is 14.8 Å². The Balaban J connectivity index is 0.00000165. The first-order valence-corrected chi connectivity index (χ1v) is 11.5. The van der Waals surface area contributed by atoms with Crippen LogP contribution in [0, 0.1) is 24.7 Å². The van der Waals surface area contributed by atoms with Crippen molar-refractivity contribution in [1.82, 2.24) is 4.90 Å². The molecule has 1 amide bonds. The molecule has 31 heavy (non-hydrogen) atoms. The minimum absolute atomic E-state index is 0.0129. The Morgan fingerprint density at radius 2 is 1.68 bits per heavy atom. The maximum absolute atomic E-state index is 12.9. The first-order valence-electron chi connectivity index (χ1n) is 10.7. The predicted molar refractivity (Wildman–Crippen MR) is 128 cm³/mol. The average molecular weight is 497 g/mol. The highest BCUT2D eigenvalue weighted by molar-refractivity contribution is 9.10. The Morgan fingerprint density at radius 1 is 1.19 bits per heavy atom. The van der Waals surface area contributed by atoms with E-state index < -0.39 is 17.5 Å². The number of halogens is 1. The summed E-state index contributed by atoms with van der Waals surface area (Å²) in [5.74, 6) is 4.12. The maximum atomic E-state index is 12.9. The van der Waals surface area contributed by atoms with Crippen molar-refractivity contribution in [3.63, 3.8) is 0 Å². The zero-order valence-corrected chi connectivity index (χ0v) is 20.7. The number of amides is 1. The van der Waals surface area contributed by atoms with E-state index in [0.29, 0.717) is 32.4 Å². The summed E-state index contributed by atoms with van der Waals surface area (Å²) in [4.78, 5) is 30.4. The van der Waals surface area contributed by atoms with Crippen molar-refractivity contribution >= 4 is 27.8 Å². The molecule has 1 saturated heterocycles. The van der Waals surface area contributed by atoms with Crippen LogP contribution in [0.25, 0.3) is 0 Å². The first kappa shape index (κ1) is 29.1. The molecule has 1 atom stereocenters. The summed E-state index contributed by atoms with van der Waals surface area (Å²) in [7, 11) is 0. The molecule has 1 aromatic rings. The normalized spacial score (nSPS) is 15.6. The highest BCUT2D eigenvalue weighted by atomic mass is 79.9. The lowest BCUT2D eigenvalue weighted by atomic mass is 9.83. The van der Waals surface area contributed by atoms with Crippen molar-refractivity contribution < 1.29 is 19.5 Å². The number of carbonyl (C=O) groups is 2. The second-order valence-electron chi connectivity index (χ2n) is 8.09. The zero-order valence-electron chi connectivity index (χ0n) is 19.1. The molecule has 1 aliphatic heterocycles. The number of nitrogens with two attached hydrogens (primary N) is 1. The minimum Gasteiger partial charge on any atom is -0.385 e. The molecule has 2 rings (SSSR count). The molecular formula is C24H37BrN2O4. The van der Waals surface area contributed by atoms with Gasteiger partial charge in [-0.25, -0.2) is 0 Å². The molecule has 1 aliphatic rings. The van der Waals surface area contributed by atoms with Crippen molar-refractivity contribution in [3.05, 3.63) is 34.3 Å². The molecular weight excluding hydrogens is 460 g/mol. The molecule has 0 saturated carbocycles. The van der Waals surface area contributed by atoms with Crippen molar-refractivity contribution in [2.45, 2.75) is 65.4 Å². The monoisotopic (exact) mass is 496 g/mol. The van der Waals surface area contributed by atoms with Gasteiger partial charge in [-0.3, -0.25) is 9.59 Å². The molecule has 174 valence electrons. The van der Waals surface area contributed by atoms with E-state index in [1.54, 1.807) is 4.90 Å². The van der Waals surface area contributed by atoms with E-state index >= 15 is 0 Å². The maximum Gasteiger partial charge on any atom is 0.325 e. The minimum atomic E-state index is -0.929. The molecule has 1 aromatic carbocycles. The SMILES string of the molecule is C#C.CC(C)C[C@H](CC(=O)ON)C(=O)N1CCC(O)(c2ccc(Br)cc2)CC1.CCC. The van der Waals surface area contributed by atoms with E-state index in [0.717, 1.165) is 10.0 Å². The number of aliphatic hydroxyl groups is 1. The van der Waals surface area contributed by atoms with Gasteiger partial charge >= 0.3 is 5.97 Å². The lowest BCUT2D eigenvalue weighted by Gasteiger charge is -2.39. The van der Waals surface area contributed by atoms with Gasteiger partial charge in [-0.2, -0.15) is 5.90 Å². The van der Waals surface area contributed by atoms with Gasteiger partial charge in [0.15, 0.2) is 0 Å². The first-order chi connectivity index (χ1) is 14.7. The lowest BCUT2D eigenvalue weighted by Crippen LogP contribution is -2.47. The molecule has 6 nitrogen and oxygen atoms in total. The fourth-order valence-corrected chi connectivity index (χ4v) is 3.76. The van der Waals surface area contributed by atoms with E-state index in [1.807, 2.05) is 38.1 Å². The van der Waals surface area contributed by atoms with Gasteiger partial charge in [0.05, 0.1) is 12.0 Å². The quantitative estimate of drug-likeness (QED) is 0.449. The van der Waals surface area contributed by atoms with Gasteiger partial charge in [-0.1, -0.05) is 62.2 Å². The number of nitrogens with zero attached hydrogens (tertiary/aromatic N) is 1. The summed E-state index contributed by atoms with van der Waals surface area (Å²) in [6.45, 7) is 9.18. The van der Waals surface area contributed by atoms with Gasteiger partial charge in [0.25, 0.3) is 0 Å². The smallest absolute Gasteiger partial charge is 0.325 e. The molecule has 1 heterocycles. The van der Waals surface area contributed by atoms with Crippen LogP contribution in [-0.2, 0) is 20.0 Å². The highest BCUT2D eigenvalue weighted by Crippen LogP contribution is 2.34. The van der Waals surface area contributed by atoms with Crippen molar-refractivity contribution in [1.29, 1.82) is 0 Å². The lowest BCUT2D eigenvalue weighted by molar-refractivity contribution is -0.151. The molecule has 0 aromatic heterocycles. The number of likely N-dealkylation sites (tertiary alicyclic amines) is 1. The van der Waals surface area contributed by atoms with Crippen LogP contribution in [0.4, 0.5) is 0 Å². The van der Waals surface area contributed by atoms with Crippen LogP contribution in [0.1, 0.15) is 65.4 Å². The van der Waals surface area contributed by atoms with Crippen LogP contribution in [0.15, 0.2) is 28.7 Å². The molecule has 0 bridgehead atoms. The van der Waals surface area contributed by atoms with Gasteiger partial charge in [0, 0.05) is 23.5 Å². The summed E-state index contributed by atoms with van der Waals surface area (Å²) in [6, 6.07) is 7.62. The van der Waals surface area contributed by atoms with Gasteiger partial charge in [0.1, 0.15) is 0 Å². The number of benzene rings is 1. The van der Waals surface area contributed by atoms with Crippen LogP contribution in [0.3, 0.4) is 0 Å². The fourth-order valence-electron chi connectivity index (χ4n) is 3.49. The summed E-state index contributed by atoms with van der Waals surface area (Å²) >= 11 is 3.40. The number of carbonyl (C=O) groups excluding carboxylic acids is 2. The van der Waals surface area contributed by atoms with Crippen LogP contribution in [0.5, 0.6) is 0 Å².